The normalized spacial score (nSPS) is 10.6. The summed E-state index contributed by atoms with van der Waals surface area (Å²) in [6, 6.07) is 10.9. The minimum absolute atomic E-state index is 0.187. The molecular formula is C19H13ClFNO4S. The summed E-state index contributed by atoms with van der Waals surface area (Å²) in [6.45, 7) is 0.662. The Morgan fingerprint density at radius 1 is 1.19 bits per heavy atom. The maximum Gasteiger partial charge on any atom is 0.350 e. The highest BCUT2D eigenvalue weighted by molar-refractivity contribution is 7.21. The lowest BCUT2D eigenvalue weighted by atomic mass is 10.1. The lowest BCUT2D eigenvalue weighted by Gasteiger charge is -2.07. The van der Waals surface area contributed by atoms with Crippen LogP contribution in [-0.4, -0.2) is 24.3 Å². The third kappa shape index (κ3) is 4.15. The molecule has 1 heterocycles. The molecule has 0 unspecified atom stereocenters. The van der Waals surface area contributed by atoms with Gasteiger partial charge in [-0.25, -0.2) is 9.18 Å². The average molecular weight is 406 g/mol. The molecular weight excluding hydrogens is 393 g/mol. The summed E-state index contributed by atoms with van der Waals surface area (Å²) in [5.74, 6) is -2.62. The molecule has 0 aliphatic heterocycles. The first-order valence-electron chi connectivity index (χ1n) is 7.81. The first-order chi connectivity index (χ1) is 12.9. The summed E-state index contributed by atoms with van der Waals surface area (Å²) in [5, 5.41) is 3.40. The maximum absolute atomic E-state index is 14.1. The number of esters is 1. The number of ketones is 1. The molecule has 1 amide bonds. The van der Waals surface area contributed by atoms with Gasteiger partial charge in [-0.05, 0) is 24.3 Å². The Morgan fingerprint density at radius 2 is 1.93 bits per heavy atom. The predicted octanol–water partition coefficient (Wildman–Crippen LogP) is 4.69. The second-order valence-corrected chi connectivity index (χ2v) is 7.05. The van der Waals surface area contributed by atoms with Crippen LogP contribution in [-0.2, 0) is 9.53 Å². The average Bonchev–Trinajstić information content (AvgIpc) is 2.96. The van der Waals surface area contributed by atoms with Crippen LogP contribution in [0.4, 0.5) is 10.1 Å². The largest absolute Gasteiger partial charge is 0.453 e. The number of rotatable bonds is 5. The Balaban J connectivity index is 1.70. The Bertz CT molecular complexity index is 1060. The van der Waals surface area contributed by atoms with E-state index in [2.05, 4.69) is 5.32 Å². The number of ether oxygens (including phenoxy) is 1. The minimum atomic E-state index is -0.817. The van der Waals surface area contributed by atoms with E-state index < -0.39 is 24.2 Å². The Hall–Kier alpha value is -2.77. The molecule has 1 N–H and O–H groups in total. The monoisotopic (exact) mass is 405 g/mol. The first-order valence-corrected chi connectivity index (χ1v) is 9.00. The van der Waals surface area contributed by atoms with Gasteiger partial charge in [0.1, 0.15) is 10.7 Å². The van der Waals surface area contributed by atoms with E-state index in [1.54, 1.807) is 12.1 Å². The van der Waals surface area contributed by atoms with Crippen LogP contribution in [0.2, 0.25) is 5.02 Å². The number of anilines is 1. The molecule has 0 fully saturated rings. The van der Waals surface area contributed by atoms with E-state index >= 15 is 0 Å². The van der Waals surface area contributed by atoms with E-state index in [1.165, 1.54) is 19.1 Å². The van der Waals surface area contributed by atoms with Crippen LogP contribution in [0, 0.1) is 5.82 Å². The molecule has 1 aromatic heterocycles. The quantitative estimate of drug-likeness (QED) is 0.493. The highest BCUT2D eigenvalue weighted by Gasteiger charge is 2.20. The van der Waals surface area contributed by atoms with Crippen molar-refractivity contribution < 1.29 is 23.5 Å². The summed E-state index contributed by atoms with van der Waals surface area (Å²) >= 11 is 7.36. The standard InChI is InChI=1S/C19H13ClFNO4S/c1-10(23)22-11-6-7-12(14(21)8-11)15(24)9-26-19(25)18-17(20)13-4-2-3-5-16(13)27-18/h2-8H,9H2,1H3,(H,22,23). The van der Waals surface area contributed by atoms with Crippen LogP contribution in [0.5, 0.6) is 0 Å². The summed E-state index contributed by atoms with van der Waals surface area (Å²) in [7, 11) is 0. The molecule has 0 atom stereocenters. The Labute approximate surface area is 162 Å². The van der Waals surface area contributed by atoms with E-state index in [0.717, 1.165) is 27.5 Å². The van der Waals surface area contributed by atoms with Gasteiger partial charge >= 0.3 is 5.97 Å². The van der Waals surface area contributed by atoms with Crippen LogP contribution >= 0.6 is 22.9 Å². The molecule has 3 rings (SSSR count). The van der Waals surface area contributed by atoms with Gasteiger partial charge in [0.2, 0.25) is 11.7 Å². The maximum atomic E-state index is 14.1. The third-order valence-electron chi connectivity index (χ3n) is 3.64. The number of carbonyl (C=O) groups excluding carboxylic acids is 3. The van der Waals surface area contributed by atoms with Gasteiger partial charge in [0.05, 0.1) is 10.6 Å². The molecule has 0 aliphatic rings. The van der Waals surface area contributed by atoms with Crippen LogP contribution in [0.15, 0.2) is 42.5 Å². The summed E-state index contributed by atoms with van der Waals surface area (Å²) in [4.78, 5) is 35.6. The number of Topliss-reactive ketones (excluding diaryl/α,β-unsaturated/α-hetero) is 1. The van der Waals surface area contributed by atoms with Crippen molar-refractivity contribution in [1.82, 2.24) is 0 Å². The molecule has 5 nitrogen and oxygen atoms in total. The van der Waals surface area contributed by atoms with E-state index in [9.17, 15) is 18.8 Å². The second-order valence-electron chi connectivity index (χ2n) is 5.62. The number of nitrogens with one attached hydrogen (secondary N) is 1. The Morgan fingerprint density at radius 3 is 2.59 bits per heavy atom. The number of carbonyl (C=O) groups is 3. The van der Waals surface area contributed by atoms with Gasteiger partial charge in [0.15, 0.2) is 6.61 Å². The molecule has 0 aliphatic carbocycles. The highest BCUT2D eigenvalue weighted by Crippen LogP contribution is 2.35. The fourth-order valence-electron chi connectivity index (χ4n) is 2.44. The van der Waals surface area contributed by atoms with Crippen molar-refractivity contribution in [1.29, 1.82) is 0 Å². The van der Waals surface area contributed by atoms with Gasteiger partial charge in [-0.1, -0.05) is 29.8 Å². The van der Waals surface area contributed by atoms with Crippen LogP contribution in [0.3, 0.4) is 0 Å². The van der Waals surface area contributed by atoms with Crippen molar-refractivity contribution in [2.75, 3.05) is 11.9 Å². The first kappa shape index (κ1) is 19.0. The number of thiophene rings is 1. The number of halogens is 2. The van der Waals surface area contributed by atoms with Gasteiger partial charge in [-0.15, -0.1) is 11.3 Å². The van der Waals surface area contributed by atoms with Crippen LogP contribution in [0.25, 0.3) is 10.1 Å². The van der Waals surface area contributed by atoms with Gasteiger partial charge in [0, 0.05) is 22.7 Å². The number of amides is 1. The summed E-state index contributed by atoms with van der Waals surface area (Å²) < 4.78 is 19.9. The van der Waals surface area contributed by atoms with Crippen molar-refractivity contribution in [3.05, 3.63) is 63.7 Å². The number of hydrogen-bond donors (Lipinski definition) is 1. The highest BCUT2D eigenvalue weighted by atomic mass is 35.5. The molecule has 8 heteroatoms. The van der Waals surface area contributed by atoms with Crippen LogP contribution in [0.1, 0.15) is 27.0 Å². The third-order valence-corrected chi connectivity index (χ3v) is 5.30. The van der Waals surface area contributed by atoms with Gasteiger partial charge in [0.25, 0.3) is 0 Å². The van der Waals surface area contributed by atoms with E-state index in [0.29, 0.717) is 0 Å². The molecule has 3 aromatic rings. The van der Waals surface area contributed by atoms with Crippen molar-refractivity contribution in [3.63, 3.8) is 0 Å². The van der Waals surface area contributed by atoms with E-state index in [1.807, 2.05) is 12.1 Å². The fraction of sp³-hybridized carbons (Fsp3) is 0.105. The fourth-order valence-corrected chi connectivity index (χ4v) is 3.84. The molecule has 0 saturated carbocycles. The zero-order chi connectivity index (χ0) is 19.6. The number of hydrogen-bond acceptors (Lipinski definition) is 5. The summed E-state index contributed by atoms with van der Waals surface area (Å²) in [5.41, 5.74) is -0.00931. The topological polar surface area (TPSA) is 72.5 Å². The lowest BCUT2D eigenvalue weighted by Crippen LogP contribution is -2.15. The summed E-state index contributed by atoms with van der Waals surface area (Å²) in [6.07, 6.45) is 0. The number of benzene rings is 2. The van der Waals surface area contributed by atoms with Crippen molar-refractivity contribution in [2.45, 2.75) is 6.92 Å². The smallest absolute Gasteiger partial charge is 0.350 e. The molecule has 138 valence electrons. The Kier molecular flexibility index (Phi) is 5.53. The van der Waals surface area contributed by atoms with Crippen molar-refractivity contribution in [2.24, 2.45) is 0 Å². The SMILES string of the molecule is CC(=O)Nc1ccc(C(=O)COC(=O)c2sc3ccccc3c2Cl)c(F)c1. The van der Waals surface area contributed by atoms with Crippen LogP contribution < -0.4 is 5.32 Å². The number of fused-ring (bicyclic) bond motifs is 1. The van der Waals surface area contributed by atoms with Gasteiger partial charge < -0.3 is 10.1 Å². The molecule has 27 heavy (non-hydrogen) atoms. The zero-order valence-electron chi connectivity index (χ0n) is 14.0. The molecule has 0 bridgehead atoms. The molecule has 0 saturated heterocycles. The second kappa shape index (κ2) is 7.85. The van der Waals surface area contributed by atoms with E-state index in [4.69, 9.17) is 16.3 Å². The molecule has 0 radical (unpaired) electrons. The molecule has 0 spiro atoms. The zero-order valence-corrected chi connectivity index (χ0v) is 15.6. The predicted molar refractivity (Wildman–Crippen MR) is 102 cm³/mol. The lowest BCUT2D eigenvalue weighted by molar-refractivity contribution is -0.114. The molecule has 2 aromatic carbocycles. The van der Waals surface area contributed by atoms with Gasteiger partial charge in [-0.3, -0.25) is 9.59 Å². The van der Waals surface area contributed by atoms with Crippen molar-refractivity contribution >= 4 is 56.4 Å². The minimum Gasteiger partial charge on any atom is -0.453 e. The van der Waals surface area contributed by atoms with E-state index in [-0.39, 0.29) is 27.1 Å². The van der Waals surface area contributed by atoms with Crippen molar-refractivity contribution in [3.8, 4) is 0 Å². The van der Waals surface area contributed by atoms with Gasteiger partial charge in [-0.2, -0.15) is 0 Å².